The molecule has 2 heterocycles. The van der Waals surface area contributed by atoms with Crippen molar-refractivity contribution in [1.29, 1.82) is 0 Å². The Morgan fingerprint density at radius 3 is 2.60 bits per heavy atom. The highest BCUT2D eigenvalue weighted by Gasteiger charge is 2.41. The normalized spacial score (nSPS) is 22.2. The summed E-state index contributed by atoms with van der Waals surface area (Å²) in [5, 5.41) is 0. The van der Waals surface area contributed by atoms with E-state index in [0.717, 1.165) is 13.1 Å². The summed E-state index contributed by atoms with van der Waals surface area (Å²) in [5.41, 5.74) is 2.92. The molecule has 0 spiro atoms. The summed E-state index contributed by atoms with van der Waals surface area (Å²) in [6, 6.07) is 15.0. The summed E-state index contributed by atoms with van der Waals surface area (Å²) in [6.45, 7) is 7.61. The molecule has 0 bridgehead atoms. The van der Waals surface area contributed by atoms with Crippen LogP contribution in [0.1, 0.15) is 41.4 Å². The van der Waals surface area contributed by atoms with Crippen molar-refractivity contribution in [3.8, 4) is 0 Å². The first-order valence-electron chi connectivity index (χ1n) is 8.85. The molecule has 0 N–H and O–H groups in total. The van der Waals surface area contributed by atoms with E-state index >= 15 is 0 Å². The summed E-state index contributed by atoms with van der Waals surface area (Å²) in [7, 11) is 0. The van der Waals surface area contributed by atoms with E-state index in [1.807, 2.05) is 0 Å². The standard InChI is InChI=1S/C21H23FN2O/c1-21(2)14-24-12-11-23(20(25)16-8-4-6-10-18(16)22)13-19(24)15-7-3-5-9-17(15)21/h3-10,19H,11-14H2,1-2H3. The van der Waals surface area contributed by atoms with Crippen molar-refractivity contribution in [3.05, 3.63) is 71.0 Å². The Kier molecular flexibility index (Phi) is 3.88. The van der Waals surface area contributed by atoms with Gasteiger partial charge in [-0.3, -0.25) is 9.69 Å². The van der Waals surface area contributed by atoms with Crippen LogP contribution in [-0.2, 0) is 5.41 Å². The van der Waals surface area contributed by atoms with E-state index in [0.29, 0.717) is 13.1 Å². The molecule has 25 heavy (non-hydrogen) atoms. The van der Waals surface area contributed by atoms with E-state index in [1.165, 1.54) is 17.2 Å². The maximum absolute atomic E-state index is 14.0. The Bertz CT molecular complexity index is 817. The van der Waals surface area contributed by atoms with E-state index in [-0.39, 0.29) is 22.9 Å². The predicted octanol–water partition coefficient (Wildman–Crippen LogP) is 3.62. The minimum atomic E-state index is -0.444. The van der Waals surface area contributed by atoms with Gasteiger partial charge in [0, 0.05) is 31.6 Å². The van der Waals surface area contributed by atoms with Crippen molar-refractivity contribution in [1.82, 2.24) is 9.80 Å². The largest absolute Gasteiger partial charge is 0.335 e. The molecule has 4 heteroatoms. The fourth-order valence-electron chi connectivity index (χ4n) is 4.29. The van der Waals surface area contributed by atoms with Gasteiger partial charge >= 0.3 is 0 Å². The summed E-state index contributed by atoms with van der Waals surface area (Å²) in [5.74, 6) is -0.653. The van der Waals surface area contributed by atoms with Crippen LogP contribution in [0.3, 0.4) is 0 Å². The van der Waals surface area contributed by atoms with Gasteiger partial charge in [0.2, 0.25) is 0 Å². The average Bonchev–Trinajstić information content (AvgIpc) is 2.61. The van der Waals surface area contributed by atoms with Gasteiger partial charge in [0.05, 0.1) is 11.6 Å². The number of rotatable bonds is 1. The number of benzene rings is 2. The van der Waals surface area contributed by atoms with Gasteiger partial charge < -0.3 is 4.90 Å². The second-order valence-corrected chi connectivity index (χ2v) is 7.69. The highest BCUT2D eigenvalue weighted by atomic mass is 19.1. The zero-order valence-corrected chi connectivity index (χ0v) is 14.7. The Hall–Kier alpha value is -2.20. The highest BCUT2D eigenvalue weighted by Crippen LogP contribution is 2.41. The summed E-state index contributed by atoms with van der Waals surface area (Å²) in [6.07, 6.45) is 0. The number of piperazine rings is 1. The van der Waals surface area contributed by atoms with Crippen LogP contribution in [0.15, 0.2) is 48.5 Å². The molecule has 2 aromatic carbocycles. The summed E-state index contributed by atoms with van der Waals surface area (Å²) in [4.78, 5) is 17.1. The van der Waals surface area contributed by atoms with Gasteiger partial charge in [-0.25, -0.2) is 4.39 Å². The molecular weight excluding hydrogens is 315 g/mol. The first kappa shape index (κ1) is 16.3. The predicted molar refractivity (Wildman–Crippen MR) is 96.1 cm³/mol. The number of carbonyl (C=O) groups is 1. The number of halogens is 1. The lowest BCUT2D eigenvalue weighted by Crippen LogP contribution is -2.56. The minimum absolute atomic E-state index is 0.102. The molecule has 2 aliphatic rings. The molecule has 3 nitrogen and oxygen atoms in total. The third-order valence-corrected chi connectivity index (χ3v) is 5.53. The van der Waals surface area contributed by atoms with Crippen LogP contribution in [0.25, 0.3) is 0 Å². The number of hydrogen-bond acceptors (Lipinski definition) is 2. The second-order valence-electron chi connectivity index (χ2n) is 7.69. The number of hydrogen-bond donors (Lipinski definition) is 0. The van der Waals surface area contributed by atoms with E-state index in [1.54, 1.807) is 23.1 Å². The van der Waals surface area contributed by atoms with Crippen molar-refractivity contribution < 1.29 is 9.18 Å². The molecule has 0 radical (unpaired) electrons. The first-order chi connectivity index (χ1) is 12.0. The molecule has 0 aromatic heterocycles. The zero-order chi connectivity index (χ0) is 17.6. The second kappa shape index (κ2) is 5.95. The zero-order valence-electron chi connectivity index (χ0n) is 14.7. The number of carbonyl (C=O) groups excluding carboxylic acids is 1. The molecule has 0 saturated carbocycles. The van der Waals surface area contributed by atoms with E-state index < -0.39 is 5.82 Å². The molecule has 130 valence electrons. The van der Waals surface area contributed by atoms with Gasteiger partial charge in [0.25, 0.3) is 5.91 Å². The van der Waals surface area contributed by atoms with Crippen molar-refractivity contribution >= 4 is 5.91 Å². The average molecular weight is 338 g/mol. The quantitative estimate of drug-likeness (QED) is 0.793. The van der Waals surface area contributed by atoms with Gasteiger partial charge in [-0.1, -0.05) is 50.2 Å². The van der Waals surface area contributed by atoms with Gasteiger partial charge in [0.1, 0.15) is 5.82 Å². The van der Waals surface area contributed by atoms with Crippen LogP contribution in [0.5, 0.6) is 0 Å². The van der Waals surface area contributed by atoms with Gasteiger partial charge in [-0.2, -0.15) is 0 Å². The van der Waals surface area contributed by atoms with Crippen LogP contribution in [0.4, 0.5) is 4.39 Å². The third kappa shape index (κ3) is 2.74. The molecule has 1 atom stereocenters. The van der Waals surface area contributed by atoms with E-state index in [9.17, 15) is 9.18 Å². The first-order valence-corrected chi connectivity index (χ1v) is 8.85. The fourth-order valence-corrected chi connectivity index (χ4v) is 4.29. The van der Waals surface area contributed by atoms with Crippen molar-refractivity contribution in [2.75, 3.05) is 26.2 Å². The highest BCUT2D eigenvalue weighted by molar-refractivity contribution is 5.94. The summed E-state index contributed by atoms with van der Waals surface area (Å²) >= 11 is 0. The number of nitrogens with zero attached hydrogens (tertiary/aromatic N) is 2. The fraction of sp³-hybridized carbons (Fsp3) is 0.381. The van der Waals surface area contributed by atoms with Crippen molar-refractivity contribution in [2.24, 2.45) is 0 Å². The molecule has 1 amide bonds. The van der Waals surface area contributed by atoms with Crippen molar-refractivity contribution in [3.63, 3.8) is 0 Å². The molecule has 4 rings (SSSR count). The number of amides is 1. The maximum Gasteiger partial charge on any atom is 0.256 e. The van der Waals surface area contributed by atoms with Crippen LogP contribution in [-0.4, -0.2) is 41.9 Å². The molecular formula is C21H23FN2O. The van der Waals surface area contributed by atoms with Gasteiger partial charge in [-0.15, -0.1) is 0 Å². The Balaban J connectivity index is 1.64. The Morgan fingerprint density at radius 1 is 1.08 bits per heavy atom. The maximum atomic E-state index is 14.0. The van der Waals surface area contributed by atoms with Crippen LogP contribution < -0.4 is 0 Å². The minimum Gasteiger partial charge on any atom is -0.335 e. The molecule has 1 fully saturated rings. The van der Waals surface area contributed by atoms with E-state index in [4.69, 9.17) is 0 Å². The molecule has 2 aliphatic heterocycles. The smallest absolute Gasteiger partial charge is 0.256 e. The Morgan fingerprint density at radius 2 is 1.80 bits per heavy atom. The topological polar surface area (TPSA) is 23.6 Å². The van der Waals surface area contributed by atoms with Gasteiger partial charge in [0.15, 0.2) is 0 Å². The van der Waals surface area contributed by atoms with Crippen LogP contribution in [0, 0.1) is 5.82 Å². The summed E-state index contributed by atoms with van der Waals surface area (Å²) < 4.78 is 14.0. The SMILES string of the molecule is CC1(C)CN2CCN(C(=O)c3ccccc3F)CC2c2ccccc21. The lowest BCUT2D eigenvalue weighted by Gasteiger charge is -2.50. The Labute approximate surface area is 148 Å². The van der Waals surface area contributed by atoms with Crippen LogP contribution >= 0.6 is 0 Å². The molecule has 2 aromatic rings. The van der Waals surface area contributed by atoms with E-state index in [2.05, 4.69) is 43.0 Å². The number of fused-ring (bicyclic) bond motifs is 3. The molecule has 1 unspecified atom stereocenters. The lowest BCUT2D eigenvalue weighted by atomic mass is 9.75. The van der Waals surface area contributed by atoms with Crippen LogP contribution in [0.2, 0.25) is 0 Å². The third-order valence-electron chi connectivity index (χ3n) is 5.53. The van der Waals surface area contributed by atoms with Crippen molar-refractivity contribution in [2.45, 2.75) is 25.3 Å². The molecule has 0 aliphatic carbocycles. The lowest BCUT2D eigenvalue weighted by molar-refractivity contribution is 0.0356. The molecule has 1 saturated heterocycles. The van der Waals surface area contributed by atoms with Gasteiger partial charge in [-0.05, 0) is 23.3 Å². The monoisotopic (exact) mass is 338 g/mol.